The van der Waals surface area contributed by atoms with E-state index in [9.17, 15) is 4.79 Å². The van der Waals surface area contributed by atoms with Crippen molar-refractivity contribution >= 4 is 23.5 Å². The number of pyridine rings is 1. The lowest BCUT2D eigenvalue weighted by Gasteiger charge is -2.07. The Morgan fingerprint density at radius 2 is 1.91 bits per heavy atom. The molecule has 0 atom stereocenters. The van der Waals surface area contributed by atoms with E-state index in [0.29, 0.717) is 11.6 Å². The molecule has 1 amide bonds. The fourth-order valence-corrected chi connectivity index (χ4v) is 2.56. The number of carbonyl (C=O) groups excluding carboxylic acids is 1. The van der Waals surface area contributed by atoms with Crippen LogP contribution in [0, 0.1) is 22.7 Å². The van der Waals surface area contributed by atoms with Crippen molar-refractivity contribution in [2.75, 3.05) is 11.5 Å². The molecule has 0 fully saturated rings. The largest absolute Gasteiger partial charge is 0.383 e. The van der Waals surface area contributed by atoms with Gasteiger partial charge in [-0.05, 0) is 11.6 Å². The number of nitrogens with zero attached hydrogens (tertiary/aromatic N) is 3. The maximum atomic E-state index is 11.9. The van der Waals surface area contributed by atoms with Gasteiger partial charge in [0.15, 0.2) is 0 Å². The van der Waals surface area contributed by atoms with Crippen LogP contribution in [0.1, 0.15) is 16.7 Å². The lowest BCUT2D eigenvalue weighted by Crippen LogP contribution is -2.24. The second kappa shape index (κ2) is 7.83. The molecule has 0 aliphatic heterocycles. The Morgan fingerprint density at radius 1 is 1.22 bits per heavy atom. The number of benzene rings is 1. The normalized spacial score (nSPS) is 9.65. The number of thioether (sulfide) groups is 1. The smallest absolute Gasteiger partial charge is 0.230 e. The second-order valence-corrected chi connectivity index (χ2v) is 5.51. The zero-order chi connectivity index (χ0) is 16.7. The van der Waals surface area contributed by atoms with Crippen molar-refractivity contribution in [3.8, 4) is 12.1 Å². The van der Waals surface area contributed by atoms with Crippen molar-refractivity contribution in [3.63, 3.8) is 0 Å². The summed E-state index contributed by atoms with van der Waals surface area (Å²) in [6.45, 7) is 0.439. The molecule has 0 saturated heterocycles. The molecule has 1 aromatic heterocycles. The number of carbonyl (C=O) groups is 1. The first kappa shape index (κ1) is 16.3. The van der Waals surface area contributed by atoms with Crippen molar-refractivity contribution in [2.45, 2.75) is 11.6 Å². The van der Waals surface area contributed by atoms with Crippen LogP contribution in [0.15, 0.2) is 41.4 Å². The van der Waals surface area contributed by atoms with Crippen LogP contribution < -0.4 is 11.1 Å². The van der Waals surface area contributed by atoms with E-state index < -0.39 is 0 Å². The van der Waals surface area contributed by atoms with Gasteiger partial charge in [0.2, 0.25) is 5.91 Å². The molecular weight excluding hydrogens is 310 g/mol. The third-order valence-corrected chi connectivity index (χ3v) is 3.92. The highest BCUT2D eigenvalue weighted by Gasteiger charge is 2.12. The number of aromatic nitrogens is 1. The van der Waals surface area contributed by atoms with Crippen LogP contribution in [-0.4, -0.2) is 16.6 Å². The van der Waals surface area contributed by atoms with Crippen LogP contribution >= 0.6 is 11.8 Å². The maximum Gasteiger partial charge on any atom is 0.230 e. The van der Waals surface area contributed by atoms with Crippen LogP contribution in [0.4, 0.5) is 5.82 Å². The molecule has 23 heavy (non-hydrogen) atoms. The third kappa shape index (κ3) is 4.47. The summed E-state index contributed by atoms with van der Waals surface area (Å²) >= 11 is 1.11. The Morgan fingerprint density at radius 3 is 2.57 bits per heavy atom. The van der Waals surface area contributed by atoms with E-state index in [2.05, 4.69) is 10.3 Å². The van der Waals surface area contributed by atoms with Crippen molar-refractivity contribution in [2.24, 2.45) is 0 Å². The number of rotatable bonds is 5. The Labute approximate surface area is 137 Å². The highest BCUT2D eigenvalue weighted by atomic mass is 32.2. The Balaban J connectivity index is 1.95. The molecule has 7 heteroatoms. The van der Waals surface area contributed by atoms with Crippen molar-refractivity contribution in [3.05, 3.63) is 53.1 Å². The molecule has 6 nitrogen and oxygen atoms in total. The van der Waals surface area contributed by atoms with Gasteiger partial charge in [-0.15, -0.1) is 0 Å². The molecule has 1 aromatic carbocycles. The minimum atomic E-state index is -0.174. The Bertz CT molecular complexity index is 793. The highest BCUT2D eigenvalue weighted by molar-refractivity contribution is 8.00. The number of nitrogens with one attached hydrogen (secondary N) is 1. The molecule has 2 aromatic rings. The van der Waals surface area contributed by atoms with Gasteiger partial charge < -0.3 is 11.1 Å². The summed E-state index contributed by atoms with van der Waals surface area (Å²) in [5, 5.41) is 21.1. The topological polar surface area (TPSA) is 116 Å². The quantitative estimate of drug-likeness (QED) is 0.811. The number of nitrogen functional groups attached to an aromatic ring is 1. The van der Waals surface area contributed by atoms with E-state index >= 15 is 0 Å². The fraction of sp³-hybridized carbons (Fsp3) is 0.125. The first-order valence-corrected chi connectivity index (χ1v) is 7.66. The minimum Gasteiger partial charge on any atom is -0.383 e. The number of nitriles is 2. The summed E-state index contributed by atoms with van der Waals surface area (Å²) in [7, 11) is 0. The average Bonchev–Trinajstić information content (AvgIpc) is 2.59. The van der Waals surface area contributed by atoms with Crippen molar-refractivity contribution < 1.29 is 4.79 Å². The summed E-state index contributed by atoms with van der Waals surface area (Å²) in [5.74, 6) is -0.00832. The Kier molecular flexibility index (Phi) is 5.56. The summed E-state index contributed by atoms with van der Waals surface area (Å²) in [6.07, 6.45) is 0. The van der Waals surface area contributed by atoms with Gasteiger partial charge in [-0.2, -0.15) is 10.5 Å². The molecule has 0 unspecified atom stereocenters. The Hall–Kier alpha value is -3.03. The number of hydrogen-bond donors (Lipinski definition) is 2. The zero-order valence-electron chi connectivity index (χ0n) is 12.1. The molecule has 1 heterocycles. The van der Waals surface area contributed by atoms with Gasteiger partial charge in [-0.1, -0.05) is 42.1 Å². The predicted molar refractivity (Wildman–Crippen MR) is 87.1 cm³/mol. The van der Waals surface area contributed by atoms with Gasteiger partial charge in [0.1, 0.15) is 23.0 Å². The lowest BCUT2D eigenvalue weighted by molar-refractivity contribution is -0.118. The summed E-state index contributed by atoms with van der Waals surface area (Å²) < 4.78 is 0. The molecule has 0 aliphatic carbocycles. The number of amides is 1. The van der Waals surface area contributed by atoms with E-state index in [1.54, 1.807) is 0 Å². The first-order valence-electron chi connectivity index (χ1n) is 6.68. The van der Waals surface area contributed by atoms with Crippen LogP contribution in [-0.2, 0) is 11.3 Å². The van der Waals surface area contributed by atoms with E-state index in [-0.39, 0.29) is 28.6 Å². The zero-order valence-corrected chi connectivity index (χ0v) is 12.9. The van der Waals surface area contributed by atoms with Gasteiger partial charge >= 0.3 is 0 Å². The van der Waals surface area contributed by atoms with Crippen LogP contribution in [0.5, 0.6) is 0 Å². The summed E-state index contributed by atoms with van der Waals surface area (Å²) in [5.41, 5.74) is 7.03. The molecule has 0 spiro atoms. The van der Waals surface area contributed by atoms with E-state index in [1.807, 2.05) is 42.5 Å². The van der Waals surface area contributed by atoms with Gasteiger partial charge in [0, 0.05) is 6.54 Å². The molecule has 0 aliphatic rings. The number of nitrogens with two attached hydrogens (primary N) is 1. The van der Waals surface area contributed by atoms with Gasteiger partial charge in [-0.3, -0.25) is 4.79 Å². The van der Waals surface area contributed by atoms with E-state index in [4.69, 9.17) is 16.3 Å². The molecule has 2 rings (SSSR count). The fourth-order valence-electron chi connectivity index (χ4n) is 1.77. The molecular formula is C16H13N5OS. The predicted octanol–water partition coefficient (Wildman–Crippen LogP) is 1.82. The summed E-state index contributed by atoms with van der Waals surface area (Å²) in [4.78, 5) is 15.9. The maximum absolute atomic E-state index is 11.9. The van der Waals surface area contributed by atoms with Crippen molar-refractivity contribution in [1.82, 2.24) is 10.3 Å². The monoisotopic (exact) mass is 323 g/mol. The third-order valence-electron chi connectivity index (χ3n) is 2.93. The molecule has 114 valence electrons. The molecule has 3 N–H and O–H groups in total. The molecule has 0 saturated carbocycles. The first-order chi connectivity index (χ1) is 11.1. The van der Waals surface area contributed by atoms with Crippen LogP contribution in [0.2, 0.25) is 0 Å². The van der Waals surface area contributed by atoms with Gasteiger partial charge in [-0.25, -0.2) is 4.98 Å². The summed E-state index contributed by atoms with van der Waals surface area (Å²) in [6, 6.07) is 14.8. The SMILES string of the molecule is N#Cc1cc(C#N)c(SCC(=O)NCc2ccccc2)nc1N. The van der Waals surface area contributed by atoms with E-state index in [1.165, 1.54) is 6.07 Å². The van der Waals surface area contributed by atoms with Crippen molar-refractivity contribution in [1.29, 1.82) is 10.5 Å². The molecule has 0 bridgehead atoms. The number of hydrogen-bond acceptors (Lipinski definition) is 6. The number of anilines is 1. The molecule has 0 radical (unpaired) electrons. The standard InChI is InChI=1S/C16H13N5OS/c17-7-12-6-13(8-18)16(21-15(12)19)23-10-14(22)20-9-11-4-2-1-3-5-11/h1-6H,9-10H2,(H2,19,21)(H,20,22). The average molecular weight is 323 g/mol. The minimum absolute atomic E-state index is 0.0543. The van der Waals surface area contributed by atoms with E-state index in [0.717, 1.165) is 17.3 Å². The lowest BCUT2D eigenvalue weighted by atomic mass is 10.2. The van der Waals surface area contributed by atoms with Gasteiger partial charge in [0.05, 0.1) is 16.9 Å². The van der Waals surface area contributed by atoms with Gasteiger partial charge in [0.25, 0.3) is 0 Å². The second-order valence-electron chi connectivity index (χ2n) is 4.55. The van der Waals surface area contributed by atoms with Crippen LogP contribution in [0.3, 0.4) is 0 Å². The highest BCUT2D eigenvalue weighted by Crippen LogP contribution is 2.23. The van der Waals surface area contributed by atoms with Crippen LogP contribution in [0.25, 0.3) is 0 Å².